The summed E-state index contributed by atoms with van der Waals surface area (Å²) in [5.74, 6) is 0.748. The van der Waals surface area contributed by atoms with E-state index in [0.717, 1.165) is 43.5 Å². The Morgan fingerprint density at radius 2 is 1.83 bits per heavy atom. The van der Waals surface area contributed by atoms with Crippen molar-refractivity contribution in [3.05, 3.63) is 52.9 Å². The molecule has 0 radical (unpaired) electrons. The lowest BCUT2D eigenvalue weighted by Crippen LogP contribution is -2.11. The molecule has 0 saturated carbocycles. The standard InChI is InChI=1S/C25H35N3O2/c1-3-30-25(29)16-21(22-17-26-19(2)27-18-22)11-6-4-5-7-12-23-15-14-20-10-8-9-13-24(20)28-23/h14-15,17-18,21H,3-13,16H2,1-2H3/t21-/m0/s1. The average molecular weight is 410 g/mol. The predicted molar refractivity (Wildman–Crippen MR) is 118 cm³/mol. The second-order valence-corrected chi connectivity index (χ2v) is 8.34. The zero-order valence-electron chi connectivity index (χ0n) is 18.5. The number of pyridine rings is 1. The van der Waals surface area contributed by atoms with Crippen LogP contribution in [0.2, 0.25) is 0 Å². The fraction of sp³-hybridized carbons (Fsp3) is 0.600. The number of rotatable bonds is 11. The Kier molecular flexibility index (Phi) is 8.79. The topological polar surface area (TPSA) is 65.0 Å². The molecule has 0 fully saturated rings. The normalized spacial score (nSPS) is 14.2. The molecule has 5 nitrogen and oxygen atoms in total. The van der Waals surface area contributed by atoms with Crippen LogP contribution in [0.3, 0.4) is 0 Å². The number of carbonyl (C=O) groups is 1. The van der Waals surface area contributed by atoms with E-state index >= 15 is 0 Å². The van der Waals surface area contributed by atoms with Crippen molar-refractivity contribution < 1.29 is 9.53 Å². The number of ether oxygens (including phenoxy) is 1. The van der Waals surface area contributed by atoms with Crippen molar-refractivity contribution in [1.29, 1.82) is 0 Å². The van der Waals surface area contributed by atoms with E-state index < -0.39 is 0 Å². The summed E-state index contributed by atoms with van der Waals surface area (Å²) in [6, 6.07) is 4.51. The first-order valence-electron chi connectivity index (χ1n) is 11.6. The molecule has 5 heteroatoms. The van der Waals surface area contributed by atoms with E-state index in [-0.39, 0.29) is 11.9 Å². The summed E-state index contributed by atoms with van der Waals surface area (Å²) in [5.41, 5.74) is 5.07. The molecule has 1 aliphatic rings. The van der Waals surface area contributed by atoms with Gasteiger partial charge in [-0.3, -0.25) is 9.78 Å². The molecule has 0 amide bonds. The number of aromatic nitrogens is 3. The summed E-state index contributed by atoms with van der Waals surface area (Å²) >= 11 is 0. The first-order valence-corrected chi connectivity index (χ1v) is 11.6. The zero-order chi connectivity index (χ0) is 21.2. The molecular formula is C25H35N3O2. The number of carbonyl (C=O) groups excluding carboxylic acids is 1. The van der Waals surface area contributed by atoms with E-state index in [4.69, 9.17) is 9.72 Å². The smallest absolute Gasteiger partial charge is 0.306 e. The van der Waals surface area contributed by atoms with E-state index in [1.165, 1.54) is 49.1 Å². The summed E-state index contributed by atoms with van der Waals surface area (Å²) in [7, 11) is 0. The van der Waals surface area contributed by atoms with Crippen molar-refractivity contribution >= 4 is 5.97 Å². The molecule has 2 aromatic rings. The molecule has 0 unspecified atom stereocenters. The van der Waals surface area contributed by atoms with Crippen LogP contribution >= 0.6 is 0 Å². The molecule has 1 aliphatic carbocycles. The Morgan fingerprint density at radius 1 is 1.07 bits per heavy atom. The molecule has 2 heterocycles. The number of aryl methyl sites for hydroxylation is 4. The van der Waals surface area contributed by atoms with Gasteiger partial charge in [-0.15, -0.1) is 0 Å². The van der Waals surface area contributed by atoms with E-state index in [1.807, 2.05) is 26.2 Å². The predicted octanol–water partition coefficient (Wildman–Crippen LogP) is 5.29. The number of nitrogens with zero attached hydrogens (tertiary/aromatic N) is 3. The number of hydrogen-bond donors (Lipinski definition) is 0. The molecule has 1 atom stereocenters. The van der Waals surface area contributed by atoms with E-state index in [1.54, 1.807) is 0 Å². The van der Waals surface area contributed by atoms with Crippen molar-refractivity contribution in [2.24, 2.45) is 0 Å². The highest BCUT2D eigenvalue weighted by molar-refractivity contribution is 5.70. The van der Waals surface area contributed by atoms with Crippen LogP contribution in [0, 0.1) is 6.92 Å². The molecule has 0 aliphatic heterocycles. The van der Waals surface area contributed by atoms with Crippen LogP contribution in [0.4, 0.5) is 0 Å². The Bertz CT molecular complexity index is 805. The lowest BCUT2D eigenvalue weighted by molar-refractivity contribution is -0.143. The van der Waals surface area contributed by atoms with Gasteiger partial charge >= 0.3 is 5.97 Å². The second kappa shape index (κ2) is 11.8. The van der Waals surface area contributed by atoms with Gasteiger partial charge < -0.3 is 4.74 Å². The summed E-state index contributed by atoms with van der Waals surface area (Å²) < 4.78 is 5.16. The summed E-state index contributed by atoms with van der Waals surface area (Å²) in [6.45, 7) is 4.15. The molecule has 0 bridgehead atoms. The number of esters is 1. The van der Waals surface area contributed by atoms with Gasteiger partial charge in [0.2, 0.25) is 0 Å². The van der Waals surface area contributed by atoms with Gasteiger partial charge in [0.1, 0.15) is 5.82 Å². The highest BCUT2D eigenvalue weighted by Gasteiger charge is 2.17. The first kappa shape index (κ1) is 22.4. The van der Waals surface area contributed by atoms with E-state index in [9.17, 15) is 4.79 Å². The Hall–Kier alpha value is -2.30. The van der Waals surface area contributed by atoms with Gasteiger partial charge in [-0.25, -0.2) is 9.97 Å². The van der Waals surface area contributed by atoms with Crippen molar-refractivity contribution in [3.8, 4) is 0 Å². The van der Waals surface area contributed by atoms with Gasteiger partial charge in [0.25, 0.3) is 0 Å². The number of fused-ring (bicyclic) bond motifs is 1. The molecule has 2 aromatic heterocycles. The van der Waals surface area contributed by atoms with Crippen LogP contribution < -0.4 is 0 Å². The Balaban J connectivity index is 1.42. The molecule has 0 spiro atoms. The SMILES string of the molecule is CCOC(=O)C[C@H](CCCCCCc1ccc2c(n1)CCCC2)c1cnc(C)nc1. The third kappa shape index (κ3) is 6.89. The van der Waals surface area contributed by atoms with Crippen LogP contribution in [-0.4, -0.2) is 27.5 Å². The minimum atomic E-state index is -0.137. The monoisotopic (exact) mass is 409 g/mol. The number of unbranched alkanes of at least 4 members (excludes halogenated alkanes) is 3. The largest absolute Gasteiger partial charge is 0.466 e. The molecule has 0 aromatic carbocycles. The van der Waals surface area contributed by atoms with Crippen LogP contribution in [0.25, 0.3) is 0 Å². The van der Waals surface area contributed by atoms with Gasteiger partial charge in [0.15, 0.2) is 0 Å². The van der Waals surface area contributed by atoms with Gasteiger partial charge in [0.05, 0.1) is 13.0 Å². The molecule has 0 saturated heterocycles. The fourth-order valence-electron chi connectivity index (χ4n) is 4.24. The second-order valence-electron chi connectivity index (χ2n) is 8.34. The lowest BCUT2D eigenvalue weighted by atomic mass is 9.92. The Morgan fingerprint density at radius 3 is 2.63 bits per heavy atom. The minimum Gasteiger partial charge on any atom is -0.466 e. The van der Waals surface area contributed by atoms with Crippen LogP contribution in [-0.2, 0) is 28.8 Å². The Labute approximate surface area is 180 Å². The van der Waals surface area contributed by atoms with Gasteiger partial charge in [0, 0.05) is 23.8 Å². The summed E-state index contributed by atoms with van der Waals surface area (Å²) in [6.07, 6.45) is 15.7. The highest BCUT2D eigenvalue weighted by Crippen LogP contribution is 2.26. The molecule has 30 heavy (non-hydrogen) atoms. The fourth-order valence-corrected chi connectivity index (χ4v) is 4.24. The molecule has 162 valence electrons. The lowest BCUT2D eigenvalue weighted by Gasteiger charge is -2.16. The van der Waals surface area contributed by atoms with Gasteiger partial charge in [-0.2, -0.15) is 0 Å². The van der Waals surface area contributed by atoms with Crippen molar-refractivity contribution in [2.45, 2.75) is 90.4 Å². The van der Waals surface area contributed by atoms with Crippen molar-refractivity contribution in [2.75, 3.05) is 6.61 Å². The maximum Gasteiger partial charge on any atom is 0.306 e. The minimum absolute atomic E-state index is 0.131. The first-order chi connectivity index (χ1) is 14.7. The molecule has 0 N–H and O–H groups in total. The van der Waals surface area contributed by atoms with Crippen LogP contribution in [0.5, 0.6) is 0 Å². The van der Waals surface area contributed by atoms with Crippen LogP contribution in [0.1, 0.15) is 92.5 Å². The maximum atomic E-state index is 12.0. The third-order valence-corrected chi connectivity index (χ3v) is 5.96. The van der Waals surface area contributed by atoms with Gasteiger partial charge in [-0.1, -0.05) is 25.3 Å². The number of hydrogen-bond acceptors (Lipinski definition) is 5. The van der Waals surface area contributed by atoms with Gasteiger partial charge in [-0.05, 0) is 81.9 Å². The molecule has 3 rings (SSSR count). The van der Waals surface area contributed by atoms with E-state index in [2.05, 4.69) is 22.1 Å². The maximum absolute atomic E-state index is 12.0. The quantitative estimate of drug-likeness (QED) is 0.373. The van der Waals surface area contributed by atoms with Crippen LogP contribution in [0.15, 0.2) is 24.5 Å². The third-order valence-electron chi connectivity index (χ3n) is 5.96. The zero-order valence-corrected chi connectivity index (χ0v) is 18.5. The van der Waals surface area contributed by atoms with E-state index in [0.29, 0.717) is 13.0 Å². The summed E-state index contributed by atoms with van der Waals surface area (Å²) in [5, 5.41) is 0. The molecular weight excluding hydrogens is 374 g/mol. The van der Waals surface area contributed by atoms with Crippen molar-refractivity contribution in [3.63, 3.8) is 0 Å². The average Bonchev–Trinajstić information content (AvgIpc) is 2.76. The summed E-state index contributed by atoms with van der Waals surface area (Å²) in [4.78, 5) is 25.5. The highest BCUT2D eigenvalue weighted by atomic mass is 16.5. The van der Waals surface area contributed by atoms with Crippen molar-refractivity contribution in [1.82, 2.24) is 15.0 Å².